The third-order valence-electron chi connectivity index (χ3n) is 2.99. The third-order valence-corrected chi connectivity index (χ3v) is 4.52. The number of ether oxygens (including phenoxy) is 1. The van der Waals surface area contributed by atoms with E-state index in [1.54, 1.807) is 24.3 Å². The van der Waals surface area contributed by atoms with E-state index in [-0.39, 0.29) is 11.3 Å². The number of fused-ring (bicyclic) bond motifs is 1. The lowest BCUT2D eigenvalue weighted by Gasteiger charge is -2.14. The highest BCUT2D eigenvalue weighted by molar-refractivity contribution is 7.88. The van der Waals surface area contributed by atoms with Crippen LogP contribution >= 0.6 is 0 Å². The van der Waals surface area contributed by atoms with Crippen LogP contribution in [-0.2, 0) is 10.0 Å². The molecule has 0 aromatic heterocycles. The Kier molecular flexibility index (Phi) is 4.15. The summed E-state index contributed by atoms with van der Waals surface area (Å²) in [6.45, 7) is 0. The molecule has 0 unspecified atom stereocenters. The van der Waals surface area contributed by atoms with Gasteiger partial charge < -0.3 is 9.84 Å². The molecule has 0 bridgehead atoms. The van der Waals surface area contributed by atoms with E-state index < -0.39 is 21.9 Å². The van der Waals surface area contributed by atoms with Gasteiger partial charge in [-0.05, 0) is 17.5 Å². The SMILES string of the molecule is CN(C)S(=O)(=O)COc1cc(C(=O)O)cc2ccccc12. The van der Waals surface area contributed by atoms with E-state index >= 15 is 0 Å². The number of aromatic carboxylic acids is 1. The molecule has 2 rings (SSSR count). The van der Waals surface area contributed by atoms with Crippen molar-refractivity contribution in [1.29, 1.82) is 0 Å². The van der Waals surface area contributed by atoms with Gasteiger partial charge in [-0.2, -0.15) is 0 Å². The molecule has 0 aliphatic rings. The van der Waals surface area contributed by atoms with Crippen LogP contribution in [0.2, 0.25) is 0 Å². The summed E-state index contributed by atoms with van der Waals surface area (Å²) in [5.41, 5.74) is 0.0472. The Labute approximate surface area is 122 Å². The van der Waals surface area contributed by atoms with Crippen LogP contribution in [0.4, 0.5) is 0 Å². The maximum atomic E-state index is 11.7. The number of hydrogen-bond donors (Lipinski definition) is 1. The summed E-state index contributed by atoms with van der Waals surface area (Å²) >= 11 is 0. The molecular formula is C14H15NO5S. The lowest BCUT2D eigenvalue weighted by Crippen LogP contribution is -2.27. The monoisotopic (exact) mass is 309 g/mol. The zero-order chi connectivity index (χ0) is 15.6. The first-order valence-corrected chi connectivity index (χ1v) is 7.71. The molecule has 0 radical (unpaired) electrons. The number of sulfonamides is 1. The van der Waals surface area contributed by atoms with Gasteiger partial charge in [-0.15, -0.1) is 0 Å². The summed E-state index contributed by atoms with van der Waals surface area (Å²) in [7, 11) is -0.720. The third kappa shape index (κ3) is 3.32. The summed E-state index contributed by atoms with van der Waals surface area (Å²) in [6, 6.07) is 9.89. The predicted molar refractivity (Wildman–Crippen MR) is 79.0 cm³/mol. The Bertz CT molecular complexity index is 783. The highest BCUT2D eigenvalue weighted by Crippen LogP contribution is 2.28. The van der Waals surface area contributed by atoms with Gasteiger partial charge in [0, 0.05) is 19.5 Å². The van der Waals surface area contributed by atoms with Gasteiger partial charge in [-0.3, -0.25) is 0 Å². The number of benzene rings is 2. The van der Waals surface area contributed by atoms with Gasteiger partial charge in [0.25, 0.3) is 0 Å². The zero-order valence-electron chi connectivity index (χ0n) is 11.6. The second kappa shape index (κ2) is 5.71. The van der Waals surface area contributed by atoms with Crippen molar-refractivity contribution in [2.75, 3.05) is 20.0 Å². The van der Waals surface area contributed by atoms with Gasteiger partial charge in [0.15, 0.2) is 0 Å². The fraction of sp³-hybridized carbons (Fsp3) is 0.214. The van der Waals surface area contributed by atoms with Gasteiger partial charge in [0.2, 0.25) is 16.0 Å². The smallest absolute Gasteiger partial charge is 0.335 e. The van der Waals surface area contributed by atoms with Crippen molar-refractivity contribution in [2.45, 2.75) is 0 Å². The fourth-order valence-electron chi connectivity index (χ4n) is 1.76. The zero-order valence-corrected chi connectivity index (χ0v) is 12.4. The molecule has 0 amide bonds. The molecule has 2 aromatic carbocycles. The minimum absolute atomic E-state index is 0.0472. The van der Waals surface area contributed by atoms with E-state index in [1.165, 1.54) is 26.2 Å². The number of carboxylic acid groups (broad SMARTS) is 1. The Hall–Kier alpha value is -2.12. The van der Waals surface area contributed by atoms with Gasteiger partial charge in [-0.1, -0.05) is 24.3 Å². The Morgan fingerprint density at radius 2 is 1.90 bits per heavy atom. The normalized spacial score (nSPS) is 11.8. The second-order valence-electron chi connectivity index (χ2n) is 4.66. The molecule has 6 nitrogen and oxygen atoms in total. The molecule has 0 aliphatic heterocycles. The molecule has 0 aliphatic carbocycles. The van der Waals surface area contributed by atoms with Crippen molar-refractivity contribution in [3.05, 3.63) is 42.0 Å². The van der Waals surface area contributed by atoms with Crippen molar-refractivity contribution in [2.24, 2.45) is 0 Å². The van der Waals surface area contributed by atoms with E-state index in [0.717, 1.165) is 4.31 Å². The van der Waals surface area contributed by atoms with Crippen LogP contribution < -0.4 is 4.74 Å². The highest BCUT2D eigenvalue weighted by atomic mass is 32.2. The van der Waals surface area contributed by atoms with E-state index in [2.05, 4.69) is 0 Å². The van der Waals surface area contributed by atoms with Crippen molar-refractivity contribution < 1.29 is 23.1 Å². The highest BCUT2D eigenvalue weighted by Gasteiger charge is 2.16. The number of carbonyl (C=O) groups is 1. The van der Waals surface area contributed by atoms with Gasteiger partial charge in [0.05, 0.1) is 5.56 Å². The average Bonchev–Trinajstić information content (AvgIpc) is 2.44. The van der Waals surface area contributed by atoms with Crippen molar-refractivity contribution >= 4 is 26.8 Å². The van der Waals surface area contributed by atoms with Crippen LogP contribution in [-0.4, -0.2) is 43.8 Å². The first-order valence-electron chi connectivity index (χ1n) is 6.10. The van der Waals surface area contributed by atoms with Crippen LogP contribution in [0.25, 0.3) is 10.8 Å². The van der Waals surface area contributed by atoms with Crippen LogP contribution in [0.3, 0.4) is 0 Å². The maximum Gasteiger partial charge on any atom is 0.335 e. The molecule has 21 heavy (non-hydrogen) atoms. The van der Waals surface area contributed by atoms with E-state index in [0.29, 0.717) is 10.8 Å². The molecule has 0 fully saturated rings. The number of nitrogens with zero attached hydrogens (tertiary/aromatic N) is 1. The van der Waals surface area contributed by atoms with Crippen LogP contribution in [0.1, 0.15) is 10.4 Å². The second-order valence-corrected chi connectivity index (χ2v) is 6.79. The number of rotatable bonds is 5. The van der Waals surface area contributed by atoms with Gasteiger partial charge >= 0.3 is 5.97 Å². The molecule has 7 heteroatoms. The summed E-state index contributed by atoms with van der Waals surface area (Å²) in [6.07, 6.45) is 0. The van der Waals surface area contributed by atoms with Crippen molar-refractivity contribution in [3.8, 4) is 5.75 Å². The first-order chi connectivity index (χ1) is 9.81. The molecule has 0 spiro atoms. The van der Waals surface area contributed by atoms with Crippen molar-refractivity contribution in [3.63, 3.8) is 0 Å². The molecular weight excluding hydrogens is 294 g/mol. The molecule has 1 N–H and O–H groups in total. The topological polar surface area (TPSA) is 83.9 Å². The summed E-state index contributed by atoms with van der Waals surface area (Å²) in [5, 5.41) is 10.4. The summed E-state index contributed by atoms with van der Waals surface area (Å²) in [5.74, 6) is -1.41. The minimum atomic E-state index is -3.53. The lowest BCUT2D eigenvalue weighted by molar-refractivity contribution is 0.0696. The molecule has 112 valence electrons. The fourth-order valence-corrected chi connectivity index (χ4v) is 2.25. The Morgan fingerprint density at radius 3 is 2.52 bits per heavy atom. The van der Waals surface area contributed by atoms with Crippen LogP contribution in [0, 0.1) is 0 Å². The predicted octanol–water partition coefficient (Wildman–Crippen LogP) is 1.77. The summed E-state index contributed by atoms with van der Waals surface area (Å²) < 4.78 is 29.9. The molecule has 0 heterocycles. The van der Waals surface area contributed by atoms with E-state index in [4.69, 9.17) is 9.84 Å². The quantitative estimate of drug-likeness (QED) is 0.910. The van der Waals surface area contributed by atoms with E-state index in [9.17, 15) is 13.2 Å². The number of carboxylic acids is 1. The Balaban J connectivity index is 2.45. The van der Waals surface area contributed by atoms with Gasteiger partial charge in [0.1, 0.15) is 5.75 Å². The maximum absolute atomic E-state index is 11.7. The first kappa shape index (κ1) is 15.3. The van der Waals surface area contributed by atoms with Crippen LogP contribution in [0.15, 0.2) is 36.4 Å². The molecule has 2 aromatic rings. The minimum Gasteiger partial charge on any atom is -0.478 e. The standard InChI is InChI=1S/C14H15NO5S/c1-15(2)21(18,19)9-20-13-8-11(14(16)17)7-10-5-3-4-6-12(10)13/h3-8H,9H2,1-2H3,(H,16,17). The molecule has 0 saturated heterocycles. The lowest BCUT2D eigenvalue weighted by atomic mass is 10.1. The average molecular weight is 309 g/mol. The molecule has 0 atom stereocenters. The summed E-state index contributed by atoms with van der Waals surface area (Å²) in [4.78, 5) is 11.1. The van der Waals surface area contributed by atoms with Crippen molar-refractivity contribution in [1.82, 2.24) is 4.31 Å². The van der Waals surface area contributed by atoms with E-state index in [1.807, 2.05) is 0 Å². The molecule has 0 saturated carbocycles. The largest absolute Gasteiger partial charge is 0.478 e. The Morgan fingerprint density at radius 1 is 1.24 bits per heavy atom. The van der Waals surface area contributed by atoms with Gasteiger partial charge in [-0.25, -0.2) is 17.5 Å². The van der Waals surface area contributed by atoms with Crippen LogP contribution in [0.5, 0.6) is 5.75 Å². The number of hydrogen-bond acceptors (Lipinski definition) is 4.